The van der Waals surface area contributed by atoms with E-state index in [2.05, 4.69) is 15.5 Å². The van der Waals surface area contributed by atoms with Crippen molar-refractivity contribution in [2.24, 2.45) is 0 Å². The first-order valence-electron chi connectivity index (χ1n) is 11.3. The summed E-state index contributed by atoms with van der Waals surface area (Å²) in [4.78, 5) is 23.2. The van der Waals surface area contributed by atoms with Gasteiger partial charge in [-0.3, -0.25) is 19.5 Å². The van der Waals surface area contributed by atoms with Gasteiger partial charge >= 0.3 is 0 Å². The molecule has 0 saturated carbocycles. The molecule has 0 spiro atoms. The lowest BCUT2D eigenvalue weighted by Gasteiger charge is -2.17. The summed E-state index contributed by atoms with van der Waals surface area (Å²) in [7, 11) is 1.59. The number of hydrogen-bond acceptors (Lipinski definition) is 8. The molecule has 0 bridgehead atoms. The molecule has 190 valence electrons. The molecular weight excluding hydrogens is 494 g/mol. The Hall–Kier alpha value is -4.38. The van der Waals surface area contributed by atoms with Gasteiger partial charge in [0.2, 0.25) is 5.91 Å². The number of nitro groups is 1. The average molecular weight is 520 g/mol. The molecule has 1 N–H and O–H groups in total. The Balaban J connectivity index is 1.52. The second kappa shape index (κ2) is 11.6. The predicted octanol–water partition coefficient (Wildman–Crippen LogP) is 5.36. The monoisotopic (exact) mass is 519 g/mol. The Morgan fingerprint density at radius 2 is 1.84 bits per heavy atom. The number of ether oxygens (including phenoxy) is 2. The SMILES string of the molecule is COc1cccc(OC(C)c2nnc(SCC(=O)Nc3ccc([N+](=O)[O-])cc3C)n2-c2ccccc2)c1. The van der Waals surface area contributed by atoms with E-state index in [-0.39, 0.29) is 17.3 Å². The van der Waals surface area contributed by atoms with Crippen molar-refractivity contribution >= 4 is 29.0 Å². The van der Waals surface area contributed by atoms with Crippen LogP contribution in [0, 0.1) is 17.0 Å². The van der Waals surface area contributed by atoms with Crippen LogP contribution in [-0.4, -0.2) is 38.5 Å². The highest BCUT2D eigenvalue weighted by Crippen LogP contribution is 2.29. The number of anilines is 1. The van der Waals surface area contributed by atoms with Gasteiger partial charge in [-0.1, -0.05) is 36.0 Å². The minimum absolute atomic E-state index is 0.0290. The number of amides is 1. The highest BCUT2D eigenvalue weighted by Gasteiger charge is 2.22. The first-order valence-corrected chi connectivity index (χ1v) is 12.3. The number of methoxy groups -OCH3 is 1. The summed E-state index contributed by atoms with van der Waals surface area (Å²) in [5.41, 5.74) is 1.92. The second-order valence-corrected chi connectivity index (χ2v) is 8.99. The van der Waals surface area contributed by atoms with Crippen molar-refractivity contribution in [3.63, 3.8) is 0 Å². The van der Waals surface area contributed by atoms with Crippen molar-refractivity contribution in [1.82, 2.24) is 14.8 Å². The number of nitrogens with zero attached hydrogens (tertiary/aromatic N) is 4. The van der Waals surface area contributed by atoms with Crippen LogP contribution in [0.4, 0.5) is 11.4 Å². The van der Waals surface area contributed by atoms with Crippen LogP contribution in [0.25, 0.3) is 5.69 Å². The smallest absolute Gasteiger partial charge is 0.269 e. The lowest BCUT2D eigenvalue weighted by molar-refractivity contribution is -0.384. The fourth-order valence-electron chi connectivity index (χ4n) is 3.61. The van der Waals surface area contributed by atoms with E-state index in [1.165, 1.54) is 30.0 Å². The Bertz CT molecular complexity index is 1410. The van der Waals surface area contributed by atoms with Crippen LogP contribution in [0.15, 0.2) is 78.0 Å². The number of benzene rings is 3. The predicted molar refractivity (Wildman–Crippen MR) is 141 cm³/mol. The Morgan fingerprint density at radius 1 is 1.08 bits per heavy atom. The number of nitrogens with one attached hydrogen (secondary N) is 1. The largest absolute Gasteiger partial charge is 0.497 e. The van der Waals surface area contributed by atoms with Crippen LogP contribution >= 0.6 is 11.8 Å². The van der Waals surface area contributed by atoms with E-state index in [0.717, 1.165) is 5.69 Å². The fourth-order valence-corrected chi connectivity index (χ4v) is 4.37. The molecule has 1 unspecified atom stereocenters. The highest BCUT2D eigenvalue weighted by atomic mass is 32.2. The number of thioether (sulfide) groups is 1. The van der Waals surface area contributed by atoms with Gasteiger partial charge in [-0.2, -0.15) is 0 Å². The third-order valence-corrected chi connectivity index (χ3v) is 6.35. The van der Waals surface area contributed by atoms with Gasteiger partial charge in [-0.15, -0.1) is 10.2 Å². The van der Waals surface area contributed by atoms with Crippen LogP contribution in [0.5, 0.6) is 11.5 Å². The number of aromatic nitrogens is 3. The zero-order valence-corrected chi connectivity index (χ0v) is 21.3. The lowest BCUT2D eigenvalue weighted by Crippen LogP contribution is -2.16. The van der Waals surface area contributed by atoms with Gasteiger partial charge in [0.25, 0.3) is 5.69 Å². The van der Waals surface area contributed by atoms with Gasteiger partial charge in [-0.25, -0.2) is 0 Å². The molecule has 1 amide bonds. The Kier molecular flexibility index (Phi) is 8.04. The molecule has 11 heteroatoms. The number of aryl methyl sites for hydroxylation is 1. The van der Waals surface area contributed by atoms with E-state index >= 15 is 0 Å². The molecule has 0 aliphatic carbocycles. The van der Waals surface area contributed by atoms with E-state index in [0.29, 0.717) is 33.7 Å². The molecule has 4 aromatic rings. The molecule has 1 heterocycles. The summed E-state index contributed by atoms with van der Waals surface area (Å²) in [5, 5.41) is 23.0. The van der Waals surface area contributed by atoms with Crippen molar-refractivity contribution in [3.05, 3.63) is 94.3 Å². The van der Waals surface area contributed by atoms with E-state index in [9.17, 15) is 14.9 Å². The third-order valence-electron chi connectivity index (χ3n) is 5.42. The number of hydrogen-bond donors (Lipinski definition) is 1. The minimum atomic E-state index is -0.471. The maximum absolute atomic E-state index is 12.7. The zero-order valence-electron chi connectivity index (χ0n) is 20.5. The number of carbonyl (C=O) groups excluding carboxylic acids is 1. The van der Waals surface area contributed by atoms with Crippen molar-refractivity contribution in [3.8, 4) is 17.2 Å². The zero-order chi connectivity index (χ0) is 26.4. The average Bonchev–Trinajstić information content (AvgIpc) is 3.33. The van der Waals surface area contributed by atoms with Crippen molar-refractivity contribution < 1.29 is 19.2 Å². The van der Waals surface area contributed by atoms with E-state index in [4.69, 9.17) is 9.47 Å². The molecule has 1 aromatic heterocycles. The molecule has 0 fully saturated rings. The third kappa shape index (κ3) is 6.25. The normalized spacial score (nSPS) is 11.5. The molecule has 0 saturated heterocycles. The topological polar surface area (TPSA) is 121 Å². The summed E-state index contributed by atoms with van der Waals surface area (Å²) in [5.74, 6) is 1.67. The summed E-state index contributed by atoms with van der Waals surface area (Å²) in [6, 6.07) is 21.2. The van der Waals surface area contributed by atoms with Crippen LogP contribution in [0.2, 0.25) is 0 Å². The van der Waals surface area contributed by atoms with E-state index in [1.54, 1.807) is 20.1 Å². The maximum Gasteiger partial charge on any atom is 0.269 e. The van der Waals surface area contributed by atoms with Crippen LogP contribution in [0.1, 0.15) is 24.4 Å². The van der Waals surface area contributed by atoms with Crippen molar-refractivity contribution in [1.29, 1.82) is 0 Å². The summed E-state index contributed by atoms with van der Waals surface area (Å²) in [6.07, 6.45) is -0.453. The lowest BCUT2D eigenvalue weighted by atomic mass is 10.2. The van der Waals surface area contributed by atoms with Crippen LogP contribution in [0.3, 0.4) is 0 Å². The molecule has 0 radical (unpaired) electrons. The number of rotatable bonds is 10. The molecule has 4 rings (SSSR count). The van der Waals surface area contributed by atoms with Gasteiger partial charge in [0, 0.05) is 29.6 Å². The number of carbonyl (C=O) groups is 1. The quantitative estimate of drug-likeness (QED) is 0.169. The van der Waals surface area contributed by atoms with Crippen molar-refractivity contribution in [2.75, 3.05) is 18.2 Å². The first-order chi connectivity index (χ1) is 17.9. The van der Waals surface area contributed by atoms with Crippen LogP contribution in [-0.2, 0) is 4.79 Å². The van der Waals surface area contributed by atoms with Gasteiger partial charge in [-0.05, 0) is 49.7 Å². The second-order valence-electron chi connectivity index (χ2n) is 8.04. The summed E-state index contributed by atoms with van der Waals surface area (Å²) >= 11 is 1.23. The number of para-hydroxylation sites is 1. The van der Waals surface area contributed by atoms with E-state index in [1.807, 2.05) is 60.0 Å². The Labute approximate surface area is 217 Å². The summed E-state index contributed by atoms with van der Waals surface area (Å²) in [6.45, 7) is 3.58. The Morgan fingerprint density at radius 3 is 2.54 bits per heavy atom. The highest BCUT2D eigenvalue weighted by molar-refractivity contribution is 7.99. The summed E-state index contributed by atoms with van der Waals surface area (Å²) < 4.78 is 13.3. The molecular formula is C26H25N5O5S. The molecule has 1 atom stereocenters. The first kappa shape index (κ1) is 25.7. The molecule has 3 aromatic carbocycles. The molecule has 0 aliphatic heterocycles. The molecule has 0 aliphatic rings. The van der Waals surface area contributed by atoms with Crippen LogP contribution < -0.4 is 14.8 Å². The van der Waals surface area contributed by atoms with Crippen molar-refractivity contribution in [2.45, 2.75) is 25.1 Å². The van der Waals surface area contributed by atoms with Gasteiger partial charge in [0.15, 0.2) is 17.1 Å². The molecule has 10 nitrogen and oxygen atoms in total. The molecule has 37 heavy (non-hydrogen) atoms. The van der Waals surface area contributed by atoms with Gasteiger partial charge in [0.1, 0.15) is 11.5 Å². The number of nitro benzene ring substituents is 1. The number of non-ortho nitro benzene ring substituents is 1. The maximum atomic E-state index is 12.7. The van der Waals surface area contributed by atoms with Gasteiger partial charge in [0.05, 0.1) is 17.8 Å². The van der Waals surface area contributed by atoms with Gasteiger partial charge < -0.3 is 14.8 Å². The van der Waals surface area contributed by atoms with E-state index < -0.39 is 11.0 Å². The minimum Gasteiger partial charge on any atom is -0.497 e. The fraction of sp³-hybridized carbons (Fsp3) is 0.192. The standard InChI is InChI=1S/C26H25N5O5S/c1-17-14-20(31(33)34)12-13-23(17)27-24(32)16-37-26-29-28-25(30(26)19-8-5-4-6-9-19)18(2)36-22-11-7-10-21(15-22)35-3/h4-15,18H,16H2,1-3H3,(H,27,32).